The summed E-state index contributed by atoms with van der Waals surface area (Å²) in [6, 6.07) is 21.4. The lowest BCUT2D eigenvalue weighted by molar-refractivity contribution is 0.0521. The van der Waals surface area contributed by atoms with Crippen LogP contribution in [0.4, 0.5) is 21.0 Å². The minimum atomic E-state index is -1.34. The van der Waals surface area contributed by atoms with E-state index in [2.05, 4.69) is 40.2 Å². The highest BCUT2D eigenvalue weighted by atomic mass is 28.3. The summed E-state index contributed by atoms with van der Waals surface area (Å²) in [4.78, 5) is 45.9. The molecular formula is C35H38N4O6Si. The number of H-pyrrole nitrogens is 1. The highest BCUT2D eigenvalue weighted by Gasteiger charge is 2.22. The first-order chi connectivity index (χ1) is 22.0. The van der Waals surface area contributed by atoms with Gasteiger partial charge in [-0.05, 0) is 54.8 Å². The Kier molecular flexibility index (Phi) is 9.71. The highest BCUT2D eigenvalue weighted by Crippen LogP contribution is 2.39. The molecule has 0 fully saturated rings. The van der Waals surface area contributed by atoms with Crippen molar-refractivity contribution in [3.8, 4) is 11.1 Å². The number of nitrogens with one attached hydrogen (secondary N) is 3. The fourth-order valence-corrected chi connectivity index (χ4v) is 5.80. The van der Waals surface area contributed by atoms with E-state index in [1.54, 1.807) is 31.3 Å². The van der Waals surface area contributed by atoms with E-state index in [4.69, 9.17) is 14.2 Å². The molecule has 5 aromatic rings. The Morgan fingerprint density at radius 3 is 2.37 bits per heavy atom. The molecule has 0 atom stereocenters. The SMILES string of the molecule is CCOC(=O)c1ncc(-c2cccc(NC(=O)OCc3ccccc3)c2C)c2c1[nH]c1cc(NC(=O)OCC[Si](C)(C)C)ccc12. The molecule has 0 aliphatic carbocycles. The van der Waals surface area contributed by atoms with Crippen molar-refractivity contribution < 1.29 is 28.6 Å². The van der Waals surface area contributed by atoms with Crippen LogP contribution < -0.4 is 10.6 Å². The van der Waals surface area contributed by atoms with Gasteiger partial charge in [-0.3, -0.25) is 10.6 Å². The number of anilines is 2. The summed E-state index contributed by atoms with van der Waals surface area (Å²) in [6.07, 6.45) is 0.547. The van der Waals surface area contributed by atoms with Crippen LogP contribution in [0.3, 0.4) is 0 Å². The molecule has 0 spiro atoms. The van der Waals surface area contributed by atoms with Crippen molar-refractivity contribution in [1.82, 2.24) is 9.97 Å². The number of fused-ring (bicyclic) bond motifs is 3. The summed E-state index contributed by atoms with van der Waals surface area (Å²) in [5, 5.41) is 7.22. The molecule has 11 heteroatoms. The maximum atomic E-state index is 12.9. The molecule has 238 valence electrons. The second kappa shape index (κ2) is 13.9. The van der Waals surface area contributed by atoms with Gasteiger partial charge in [0, 0.05) is 47.5 Å². The van der Waals surface area contributed by atoms with Crippen LogP contribution in [-0.4, -0.2) is 49.4 Å². The number of nitrogens with zero attached hydrogens (tertiary/aromatic N) is 1. The van der Waals surface area contributed by atoms with Gasteiger partial charge >= 0.3 is 18.2 Å². The number of hydrogen-bond donors (Lipinski definition) is 3. The largest absolute Gasteiger partial charge is 0.461 e. The van der Waals surface area contributed by atoms with E-state index in [0.717, 1.165) is 39.1 Å². The van der Waals surface area contributed by atoms with Crippen LogP contribution in [0, 0.1) is 6.92 Å². The molecule has 2 aromatic heterocycles. The first kappa shape index (κ1) is 32.2. The third-order valence-corrected chi connectivity index (χ3v) is 9.21. The van der Waals surface area contributed by atoms with E-state index >= 15 is 0 Å². The molecule has 0 bridgehead atoms. The van der Waals surface area contributed by atoms with Crippen molar-refractivity contribution in [2.24, 2.45) is 0 Å². The zero-order valence-corrected chi connectivity index (χ0v) is 27.7. The van der Waals surface area contributed by atoms with Gasteiger partial charge < -0.3 is 19.2 Å². The summed E-state index contributed by atoms with van der Waals surface area (Å²) >= 11 is 0. The van der Waals surface area contributed by atoms with E-state index < -0.39 is 26.2 Å². The van der Waals surface area contributed by atoms with Gasteiger partial charge in [0.25, 0.3) is 0 Å². The molecule has 0 aliphatic heterocycles. The van der Waals surface area contributed by atoms with Gasteiger partial charge in [0.1, 0.15) is 6.61 Å². The molecule has 0 unspecified atom stereocenters. The van der Waals surface area contributed by atoms with Crippen LogP contribution in [0.5, 0.6) is 0 Å². The zero-order valence-electron chi connectivity index (χ0n) is 26.7. The number of benzene rings is 3. The van der Waals surface area contributed by atoms with Crippen LogP contribution in [0.1, 0.15) is 28.5 Å². The van der Waals surface area contributed by atoms with Crippen LogP contribution in [0.15, 0.2) is 72.9 Å². The molecule has 0 radical (unpaired) electrons. The van der Waals surface area contributed by atoms with Crippen molar-refractivity contribution in [3.63, 3.8) is 0 Å². The van der Waals surface area contributed by atoms with Gasteiger partial charge in [0.2, 0.25) is 0 Å². The molecule has 10 nitrogen and oxygen atoms in total. The predicted molar refractivity (Wildman–Crippen MR) is 183 cm³/mol. The molecule has 46 heavy (non-hydrogen) atoms. The van der Waals surface area contributed by atoms with E-state index in [1.165, 1.54) is 0 Å². The number of amides is 2. The second-order valence-corrected chi connectivity index (χ2v) is 17.7. The highest BCUT2D eigenvalue weighted by molar-refractivity contribution is 6.76. The average molecular weight is 639 g/mol. The Morgan fingerprint density at radius 2 is 1.63 bits per heavy atom. The Balaban J connectivity index is 1.48. The number of ether oxygens (including phenoxy) is 3. The van der Waals surface area contributed by atoms with Gasteiger partial charge in [-0.1, -0.05) is 68.2 Å². The lowest BCUT2D eigenvalue weighted by Gasteiger charge is -2.15. The summed E-state index contributed by atoms with van der Waals surface area (Å²) in [7, 11) is -1.34. The Labute approximate surface area is 268 Å². The molecule has 3 aromatic carbocycles. The molecule has 5 rings (SSSR count). The van der Waals surface area contributed by atoms with Crippen LogP contribution in [0.25, 0.3) is 32.9 Å². The topological polar surface area (TPSA) is 132 Å². The Bertz CT molecular complexity index is 1900. The van der Waals surface area contributed by atoms with Crippen LogP contribution >= 0.6 is 0 Å². The fourth-order valence-electron chi connectivity index (χ4n) is 5.09. The molecule has 2 heterocycles. The van der Waals surface area contributed by atoms with Gasteiger partial charge in [0.05, 0.1) is 18.7 Å². The summed E-state index contributed by atoms with van der Waals surface area (Å²) in [6.45, 7) is 11.0. The zero-order chi connectivity index (χ0) is 32.8. The summed E-state index contributed by atoms with van der Waals surface area (Å²) < 4.78 is 16.1. The minimum absolute atomic E-state index is 0.146. The van der Waals surface area contributed by atoms with E-state index in [1.807, 2.05) is 55.5 Å². The van der Waals surface area contributed by atoms with Crippen LogP contribution in [-0.2, 0) is 20.8 Å². The molecule has 3 N–H and O–H groups in total. The Hall–Kier alpha value is -5.16. The van der Waals surface area contributed by atoms with E-state index in [0.29, 0.717) is 29.0 Å². The number of aromatic nitrogens is 2. The number of aromatic amines is 1. The smallest absolute Gasteiger partial charge is 0.411 e. The van der Waals surface area contributed by atoms with Crippen molar-refractivity contribution in [3.05, 3.63) is 89.7 Å². The Morgan fingerprint density at radius 1 is 0.870 bits per heavy atom. The first-order valence-corrected chi connectivity index (χ1v) is 18.9. The molecule has 0 saturated heterocycles. The van der Waals surface area contributed by atoms with Crippen molar-refractivity contribution in [2.75, 3.05) is 23.8 Å². The fraction of sp³-hybridized carbons (Fsp3) is 0.257. The van der Waals surface area contributed by atoms with Gasteiger partial charge in [0.15, 0.2) is 5.69 Å². The average Bonchev–Trinajstić information content (AvgIpc) is 3.39. The number of esters is 1. The van der Waals surface area contributed by atoms with Crippen LogP contribution in [0.2, 0.25) is 25.7 Å². The third kappa shape index (κ3) is 7.55. The summed E-state index contributed by atoms with van der Waals surface area (Å²) in [5.74, 6) is -0.553. The predicted octanol–water partition coefficient (Wildman–Crippen LogP) is 8.50. The van der Waals surface area contributed by atoms with Crippen molar-refractivity contribution in [2.45, 2.75) is 46.1 Å². The minimum Gasteiger partial charge on any atom is -0.461 e. The number of carbonyl (C=O) groups excluding carboxylic acids is 3. The maximum Gasteiger partial charge on any atom is 0.411 e. The second-order valence-electron chi connectivity index (χ2n) is 12.1. The third-order valence-electron chi connectivity index (χ3n) is 7.50. The standard InChI is InChI=1S/C35H38N4O6Si/c1-6-43-33(40)32-31-30(26-16-15-24(19-29(26)38-31)37-34(41)44-17-18-46(3,4)5)27(20-36-32)25-13-10-14-28(22(25)2)39-35(42)45-21-23-11-8-7-9-12-23/h7-16,19-20,38H,6,17-18,21H2,1-5H3,(H,37,41)(H,39,42). The maximum absolute atomic E-state index is 12.9. The molecule has 0 aliphatic rings. The van der Waals surface area contributed by atoms with Gasteiger partial charge in [-0.15, -0.1) is 0 Å². The lowest BCUT2D eigenvalue weighted by atomic mass is 9.96. The molecule has 0 saturated carbocycles. The van der Waals surface area contributed by atoms with Gasteiger partial charge in [-0.2, -0.15) is 0 Å². The van der Waals surface area contributed by atoms with Crippen molar-refractivity contribution >= 4 is 59.4 Å². The molecular weight excluding hydrogens is 600 g/mol. The monoisotopic (exact) mass is 638 g/mol. The number of pyridine rings is 1. The quantitative estimate of drug-likeness (QED) is 0.0794. The number of hydrogen-bond acceptors (Lipinski definition) is 7. The van der Waals surface area contributed by atoms with E-state index in [-0.39, 0.29) is 18.9 Å². The van der Waals surface area contributed by atoms with Gasteiger partial charge in [-0.25, -0.2) is 19.4 Å². The number of rotatable bonds is 10. The number of carbonyl (C=O) groups is 3. The normalized spacial score (nSPS) is 11.3. The van der Waals surface area contributed by atoms with E-state index in [9.17, 15) is 14.4 Å². The van der Waals surface area contributed by atoms with Crippen molar-refractivity contribution in [1.29, 1.82) is 0 Å². The lowest BCUT2D eigenvalue weighted by Crippen LogP contribution is -2.24. The summed E-state index contributed by atoms with van der Waals surface area (Å²) in [5.41, 5.74) is 5.69. The molecule has 2 amide bonds. The first-order valence-electron chi connectivity index (χ1n) is 15.2.